The highest BCUT2D eigenvalue weighted by atomic mass is 35.5. The average molecular weight is 381 g/mol. The standard InChI is InChI=1S/C19H21ClN2O2.ClH/c20-15-9-7-14(8-10-15)13-24-18-6-2-1-5-17(18)19(23)22-16-4-3-11-21-12-16;/h1-2,5-10,16,21H,3-4,11-13H2,(H,22,23);1H/t16-;/m0./s1. The summed E-state index contributed by atoms with van der Waals surface area (Å²) in [6.07, 6.45) is 2.09. The van der Waals surface area contributed by atoms with Crippen LogP contribution in [0.4, 0.5) is 0 Å². The molecule has 1 aliphatic heterocycles. The smallest absolute Gasteiger partial charge is 0.255 e. The van der Waals surface area contributed by atoms with Gasteiger partial charge in [0.15, 0.2) is 0 Å². The van der Waals surface area contributed by atoms with Crippen molar-refractivity contribution >= 4 is 29.9 Å². The van der Waals surface area contributed by atoms with Crippen LogP contribution in [0.3, 0.4) is 0 Å². The lowest BCUT2D eigenvalue weighted by Crippen LogP contribution is -2.45. The number of carbonyl (C=O) groups excluding carboxylic acids is 1. The molecule has 134 valence electrons. The summed E-state index contributed by atoms with van der Waals surface area (Å²) >= 11 is 5.89. The number of ether oxygens (including phenoxy) is 1. The van der Waals surface area contributed by atoms with Gasteiger partial charge in [0.05, 0.1) is 5.56 Å². The lowest BCUT2D eigenvalue weighted by molar-refractivity contribution is 0.0926. The van der Waals surface area contributed by atoms with Crippen molar-refractivity contribution in [2.45, 2.75) is 25.5 Å². The van der Waals surface area contributed by atoms with Crippen LogP contribution < -0.4 is 15.4 Å². The number of nitrogens with one attached hydrogen (secondary N) is 2. The van der Waals surface area contributed by atoms with Crippen LogP contribution >= 0.6 is 24.0 Å². The first-order valence-electron chi connectivity index (χ1n) is 8.20. The van der Waals surface area contributed by atoms with E-state index in [0.29, 0.717) is 22.9 Å². The third kappa shape index (κ3) is 5.63. The molecule has 0 aliphatic carbocycles. The van der Waals surface area contributed by atoms with Gasteiger partial charge in [-0.15, -0.1) is 12.4 Å². The van der Waals surface area contributed by atoms with Crippen molar-refractivity contribution in [2.75, 3.05) is 13.1 Å². The van der Waals surface area contributed by atoms with Gasteiger partial charge in [-0.1, -0.05) is 35.9 Å². The summed E-state index contributed by atoms with van der Waals surface area (Å²) in [5, 5.41) is 7.08. The molecule has 2 aromatic rings. The molecule has 3 rings (SSSR count). The lowest BCUT2D eigenvalue weighted by Gasteiger charge is -2.24. The quantitative estimate of drug-likeness (QED) is 0.828. The summed E-state index contributed by atoms with van der Waals surface area (Å²) in [4.78, 5) is 12.6. The van der Waals surface area contributed by atoms with Crippen molar-refractivity contribution in [1.29, 1.82) is 0 Å². The molecule has 4 nitrogen and oxygen atoms in total. The first-order chi connectivity index (χ1) is 11.7. The predicted molar refractivity (Wildman–Crippen MR) is 103 cm³/mol. The summed E-state index contributed by atoms with van der Waals surface area (Å²) in [7, 11) is 0. The molecule has 0 radical (unpaired) electrons. The molecule has 2 N–H and O–H groups in total. The number of rotatable bonds is 5. The normalized spacial score (nSPS) is 16.6. The first kappa shape index (κ1) is 19.6. The molecule has 0 aromatic heterocycles. The van der Waals surface area contributed by atoms with Gasteiger partial charge in [-0.3, -0.25) is 4.79 Å². The molecule has 0 bridgehead atoms. The minimum absolute atomic E-state index is 0. The molecule has 6 heteroatoms. The van der Waals surface area contributed by atoms with Gasteiger partial charge in [-0.25, -0.2) is 0 Å². The van der Waals surface area contributed by atoms with Gasteiger partial charge < -0.3 is 15.4 Å². The second-order valence-electron chi connectivity index (χ2n) is 5.93. The first-order valence-corrected chi connectivity index (χ1v) is 8.58. The van der Waals surface area contributed by atoms with E-state index in [4.69, 9.17) is 16.3 Å². The van der Waals surface area contributed by atoms with Crippen LogP contribution in [0, 0.1) is 0 Å². The summed E-state index contributed by atoms with van der Waals surface area (Å²) in [5.41, 5.74) is 1.57. The Bertz CT molecular complexity index is 686. The number of para-hydroxylation sites is 1. The van der Waals surface area contributed by atoms with Crippen molar-refractivity contribution in [1.82, 2.24) is 10.6 Å². The molecule has 1 saturated heterocycles. The maximum absolute atomic E-state index is 12.6. The van der Waals surface area contributed by atoms with E-state index in [1.807, 2.05) is 42.5 Å². The molecule has 0 unspecified atom stereocenters. The van der Waals surface area contributed by atoms with Crippen LogP contribution in [0.2, 0.25) is 5.02 Å². The molecule has 1 atom stereocenters. The Labute approximate surface area is 159 Å². The molecule has 2 aromatic carbocycles. The van der Waals surface area contributed by atoms with Gasteiger partial charge >= 0.3 is 0 Å². The van der Waals surface area contributed by atoms with Gasteiger partial charge in [0, 0.05) is 17.6 Å². The van der Waals surface area contributed by atoms with Crippen LogP contribution in [-0.4, -0.2) is 25.0 Å². The molecule has 0 spiro atoms. The average Bonchev–Trinajstić information content (AvgIpc) is 2.62. The third-order valence-electron chi connectivity index (χ3n) is 4.07. The molecule has 25 heavy (non-hydrogen) atoms. The minimum Gasteiger partial charge on any atom is -0.488 e. The topological polar surface area (TPSA) is 50.4 Å². The fourth-order valence-electron chi connectivity index (χ4n) is 2.76. The molecule has 1 amide bonds. The van der Waals surface area contributed by atoms with E-state index in [1.54, 1.807) is 6.07 Å². The minimum atomic E-state index is -0.0876. The molecule has 1 fully saturated rings. The Morgan fingerprint density at radius 2 is 1.96 bits per heavy atom. The zero-order valence-corrected chi connectivity index (χ0v) is 15.4. The van der Waals surface area contributed by atoms with Crippen molar-refractivity contribution < 1.29 is 9.53 Å². The summed E-state index contributed by atoms with van der Waals surface area (Å²) in [6, 6.07) is 15.0. The number of halogens is 2. The predicted octanol–water partition coefficient (Wildman–Crippen LogP) is 3.82. The van der Waals surface area contributed by atoms with Gasteiger partial charge in [-0.05, 0) is 49.2 Å². The Kier molecular flexibility index (Phi) is 7.56. The zero-order valence-electron chi connectivity index (χ0n) is 13.8. The van der Waals surface area contributed by atoms with E-state index >= 15 is 0 Å². The fourth-order valence-corrected chi connectivity index (χ4v) is 2.89. The number of piperidine rings is 1. The SMILES string of the molecule is Cl.O=C(N[C@H]1CCCNC1)c1ccccc1OCc1ccc(Cl)cc1. The number of benzene rings is 2. The monoisotopic (exact) mass is 380 g/mol. The van der Waals surface area contributed by atoms with Crippen LogP contribution in [0.15, 0.2) is 48.5 Å². The zero-order chi connectivity index (χ0) is 16.8. The van der Waals surface area contributed by atoms with E-state index < -0.39 is 0 Å². The van der Waals surface area contributed by atoms with E-state index in [-0.39, 0.29) is 24.4 Å². The largest absolute Gasteiger partial charge is 0.488 e. The number of hydrogen-bond donors (Lipinski definition) is 2. The molecule has 1 aliphatic rings. The van der Waals surface area contributed by atoms with Crippen molar-refractivity contribution in [3.8, 4) is 5.75 Å². The maximum Gasteiger partial charge on any atom is 0.255 e. The summed E-state index contributed by atoms with van der Waals surface area (Å²) < 4.78 is 5.85. The van der Waals surface area contributed by atoms with Gasteiger partial charge in [0.25, 0.3) is 5.91 Å². The second kappa shape index (κ2) is 9.66. The van der Waals surface area contributed by atoms with Crippen LogP contribution in [-0.2, 0) is 6.61 Å². The number of hydrogen-bond acceptors (Lipinski definition) is 3. The highest BCUT2D eigenvalue weighted by Crippen LogP contribution is 2.20. The van der Waals surface area contributed by atoms with Crippen molar-refractivity contribution in [3.05, 3.63) is 64.7 Å². The van der Waals surface area contributed by atoms with E-state index in [0.717, 1.165) is 31.5 Å². The Hall–Kier alpha value is -1.75. The summed E-state index contributed by atoms with van der Waals surface area (Å²) in [6.45, 7) is 2.24. The van der Waals surface area contributed by atoms with Crippen LogP contribution in [0.25, 0.3) is 0 Å². The lowest BCUT2D eigenvalue weighted by atomic mass is 10.1. The summed E-state index contributed by atoms with van der Waals surface area (Å²) in [5.74, 6) is 0.504. The van der Waals surface area contributed by atoms with E-state index in [9.17, 15) is 4.79 Å². The van der Waals surface area contributed by atoms with Gasteiger partial charge in [-0.2, -0.15) is 0 Å². The number of amides is 1. The molecular weight excluding hydrogens is 359 g/mol. The fraction of sp³-hybridized carbons (Fsp3) is 0.316. The van der Waals surface area contributed by atoms with Crippen molar-refractivity contribution in [3.63, 3.8) is 0 Å². The highest BCUT2D eigenvalue weighted by Gasteiger charge is 2.18. The van der Waals surface area contributed by atoms with Gasteiger partial charge in [0.1, 0.15) is 12.4 Å². The van der Waals surface area contributed by atoms with Gasteiger partial charge in [0.2, 0.25) is 0 Å². The van der Waals surface area contributed by atoms with E-state index in [1.165, 1.54) is 0 Å². The second-order valence-corrected chi connectivity index (χ2v) is 6.36. The van der Waals surface area contributed by atoms with Crippen molar-refractivity contribution in [2.24, 2.45) is 0 Å². The van der Waals surface area contributed by atoms with Crippen LogP contribution in [0.5, 0.6) is 5.75 Å². The van der Waals surface area contributed by atoms with Crippen LogP contribution in [0.1, 0.15) is 28.8 Å². The highest BCUT2D eigenvalue weighted by molar-refractivity contribution is 6.30. The maximum atomic E-state index is 12.6. The molecule has 1 heterocycles. The van der Waals surface area contributed by atoms with E-state index in [2.05, 4.69) is 10.6 Å². The molecular formula is C19H22Cl2N2O2. The third-order valence-corrected chi connectivity index (χ3v) is 4.32. The Morgan fingerprint density at radius 1 is 1.20 bits per heavy atom. The Balaban J connectivity index is 0.00000225. The Morgan fingerprint density at radius 3 is 2.68 bits per heavy atom. The molecule has 0 saturated carbocycles. The number of carbonyl (C=O) groups is 1.